The third-order valence-electron chi connectivity index (χ3n) is 6.49. The standard InChI is InChI=1S/C23H19BrClN5O3/c24-20-7-13-1-4-29(18(13)10-26-20)23(32)14-8-16-17(9-15(14)25)30-19(22(31)28-16)11-27-21(30)12-2-5-33-6-3-12/h7-12H,1-6H2,(H,28,31). The average molecular weight is 529 g/mol. The summed E-state index contributed by atoms with van der Waals surface area (Å²) in [5, 5.41) is 0.325. The second-order valence-electron chi connectivity index (χ2n) is 8.37. The van der Waals surface area contributed by atoms with Crippen molar-refractivity contribution in [1.82, 2.24) is 19.4 Å². The van der Waals surface area contributed by atoms with Gasteiger partial charge in [-0.25, -0.2) is 9.97 Å². The number of amides is 1. The van der Waals surface area contributed by atoms with Crippen LogP contribution in [0.15, 0.2) is 40.0 Å². The Balaban J connectivity index is 1.48. The fourth-order valence-electron chi connectivity index (χ4n) is 4.83. The van der Waals surface area contributed by atoms with Crippen LogP contribution in [0, 0.1) is 0 Å². The molecule has 0 bridgehead atoms. The van der Waals surface area contributed by atoms with Crippen molar-refractivity contribution in [2.75, 3.05) is 24.7 Å². The maximum absolute atomic E-state index is 13.4. The predicted octanol–water partition coefficient (Wildman–Crippen LogP) is 4.08. The van der Waals surface area contributed by atoms with Crippen LogP contribution in [0.4, 0.5) is 5.69 Å². The van der Waals surface area contributed by atoms with Gasteiger partial charge in [-0.3, -0.25) is 14.0 Å². The second-order valence-corrected chi connectivity index (χ2v) is 9.59. The van der Waals surface area contributed by atoms with Crippen LogP contribution < -0.4 is 10.5 Å². The van der Waals surface area contributed by atoms with Crippen molar-refractivity contribution in [1.29, 1.82) is 0 Å². The first-order valence-electron chi connectivity index (χ1n) is 10.8. The molecule has 10 heteroatoms. The number of fused-ring (bicyclic) bond motifs is 4. The van der Waals surface area contributed by atoms with Crippen LogP contribution in [0.1, 0.15) is 40.5 Å². The number of carbonyl (C=O) groups excluding carboxylic acids is 1. The number of rotatable bonds is 2. The highest BCUT2D eigenvalue weighted by Gasteiger charge is 2.29. The van der Waals surface area contributed by atoms with Crippen molar-refractivity contribution in [3.8, 4) is 0 Å². The van der Waals surface area contributed by atoms with Gasteiger partial charge in [0.2, 0.25) is 0 Å². The number of benzene rings is 1. The van der Waals surface area contributed by atoms with E-state index >= 15 is 0 Å². The summed E-state index contributed by atoms with van der Waals surface area (Å²) in [5.74, 6) is 0.796. The van der Waals surface area contributed by atoms with Crippen LogP contribution in [0.25, 0.3) is 16.6 Å². The lowest BCUT2D eigenvalue weighted by atomic mass is 9.99. The molecule has 5 heterocycles. The molecule has 3 aromatic heterocycles. The van der Waals surface area contributed by atoms with Gasteiger partial charge in [-0.2, -0.15) is 0 Å². The lowest BCUT2D eigenvalue weighted by Crippen LogP contribution is -2.29. The number of nitrogens with one attached hydrogen (secondary N) is 1. The Bertz CT molecular complexity index is 1490. The Hall–Kier alpha value is -2.75. The smallest absolute Gasteiger partial charge is 0.274 e. The van der Waals surface area contributed by atoms with Crippen LogP contribution in [0.5, 0.6) is 0 Å². The first-order chi connectivity index (χ1) is 16.0. The summed E-state index contributed by atoms with van der Waals surface area (Å²) in [6.45, 7) is 1.89. The van der Waals surface area contributed by atoms with Gasteiger partial charge in [0, 0.05) is 25.7 Å². The number of hydrogen-bond acceptors (Lipinski definition) is 5. The van der Waals surface area contributed by atoms with Crippen LogP contribution >= 0.6 is 27.5 Å². The molecule has 1 saturated heterocycles. The molecular formula is C23H19BrClN5O3. The summed E-state index contributed by atoms with van der Waals surface area (Å²) in [4.78, 5) is 39.7. The molecular weight excluding hydrogens is 510 g/mol. The molecule has 1 N–H and O–H groups in total. The third-order valence-corrected chi connectivity index (χ3v) is 7.23. The van der Waals surface area contributed by atoms with E-state index in [0.717, 1.165) is 46.5 Å². The number of hydrogen-bond donors (Lipinski definition) is 1. The Morgan fingerprint density at radius 1 is 1.15 bits per heavy atom. The molecule has 0 aliphatic carbocycles. The molecule has 0 spiro atoms. The Labute approximate surface area is 201 Å². The van der Waals surface area contributed by atoms with Gasteiger partial charge in [-0.1, -0.05) is 11.6 Å². The minimum atomic E-state index is -0.255. The monoisotopic (exact) mass is 527 g/mol. The molecule has 0 unspecified atom stereocenters. The van der Waals surface area contributed by atoms with E-state index in [-0.39, 0.29) is 17.4 Å². The number of aromatic nitrogens is 4. The van der Waals surface area contributed by atoms with Gasteiger partial charge in [0.05, 0.1) is 39.7 Å². The number of carbonyl (C=O) groups is 1. The molecule has 2 aliphatic heterocycles. The second kappa shape index (κ2) is 7.93. The molecule has 6 rings (SSSR count). The lowest BCUT2D eigenvalue weighted by Gasteiger charge is -2.22. The van der Waals surface area contributed by atoms with Gasteiger partial charge in [-0.15, -0.1) is 0 Å². The topological polar surface area (TPSA) is 92.6 Å². The largest absolute Gasteiger partial charge is 0.381 e. The third kappa shape index (κ3) is 3.37. The van der Waals surface area contributed by atoms with E-state index in [1.54, 1.807) is 29.4 Å². The zero-order chi connectivity index (χ0) is 22.7. The van der Waals surface area contributed by atoms with E-state index in [9.17, 15) is 9.59 Å². The van der Waals surface area contributed by atoms with Crippen molar-refractivity contribution < 1.29 is 9.53 Å². The molecule has 0 atom stereocenters. The lowest BCUT2D eigenvalue weighted by molar-refractivity contribution is 0.0835. The Kier molecular flexibility index (Phi) is 5.01. The van der Waals surface area contributed by atoms with E-state index in [2.05, 4.69) is 30.9 Å². The fourth-order valence-corrected chi connectivity index (χ4v) is 5.45. The van der Waals surface area contributed by atoms with Gasteiger partial charge >= 0.3 is 0 Å². The first kappa shape index (κ1) is 20.8. The molecule has 4 aromatic rings. The minimum absolute atomic E-state index is 0.194. The normalized spacial score (nSPS) is 16.6. The molecule has 0 saturated carbocycles. The molecule has 8 nitrogen and oxygen atoms in total. The molecule has 0 radical (unpaired) electrons. The zero-order valence-corrected chi connectivity index (χ0v) is 19.8. The highest BCUT2D eigenvalue weighted by molar-refractivity contribution is 9.10. The fraction of sp³-hybridized carbons (Fsp3) is 0.304. The average Bonchev–Trinajstić information content (AvgIpc) is 3.44. The molecule has 1 fully saturated rings. The van der Waals surface area contributed by atoms with Crippen LogP contribution in [-0.2, 0) is 11.2 Å². The number of H-pyrrole nitrogens is 1. The van der Waals surface area contributed by atoms with Crippen LogP contribution in [0.3, 0.4) is 0 Å². The van der Waals surface area contributed by atoms with Crippen LogP contribution in [-0.4, -0.2) is 45.0 Å². The number of pyridine rings is 1. The van der Waals surface area contributed by atoms with Gasteiger partial charge in [0.25, 0.3) is 11.5 Å². The van der Waals surface area contributed by atoms with Crippen molar-refractivity contribution >= 4 is 55.7 Å². The highest BCUT2D eigenvalue weighted by Crippen LogP contribution is 2.33. The number of ether oxygens (including phenoxy) is 1. The molecule has 1 aromatic carbocycles. The summed E-state index contributed by atoms with van der Waals surface area (Å²) in [6, 6.07) is 5.34. The molecule has 2 aliphatic rings. The maximum atomic E-state index is 13.4. The van der Waals surface area contributed by atoms with E-state index < -0.39 is 0 Å². The Morgan fingerprint density at radius 3 is 2.79 bits per heavy atom. The molecule has 33 heavy (non-hydrogen) atoms. The van der Waals surface area contributed by atoms with E-state index in [4.69, 9.17) is 16.3 Å². The van der Waals surface area contributed by atoms with E-state index in [1.165, 1.54) is 0 Å². The Morgan fingerprint density at radius 2 is 1.97 bits per heavy atom. The van der Waals surface area contributed by atoms with E-state index in [1.807, 2.05) is 10.5 Å². The summed E-state index contributed by atoms with van der Waals surface area (Å²) < 4.78 is 8.10. The number of nitrogens with zero attached hydrogens (tertiary/aromatic N) is 4. The van der Waals surface area contributed by atoms with E-state index in [0.29, 0.717) is 41.4 Å². The number of anilines is 1. The van der Waals surface area contributed by atoms with Gasteiger partial charge < -0.3 is 14.6 Å². The van der Waals surface area contributed by atoms with Crippen molar-refractivity contribution in [3.63, 3.8) is 0 Å². The number of halogens is 2. The quantitative estimate of drug-likeness (QED) is 0.396. The summed E-state index contributed by atoms with van der Waals surface area (Å²) >= 11 is 10.0. The summed E-state index contributed by atoms with van der Waals surface area (Å²) in [7, 11) is 0. The molecule has 168 valence electrons. The summed E-state index contributed by atoms with van der Waals surface area (Å²) in [6.07, 6.45) is 5.72. The van der Waals surface area contributed by atoms with Crippen molar-refractivity contribution in [3.05, 3.63) is 67.5 Å². The van der Waals surface area contributed by atoms with Crippen molar-refractivity contribution in [2.45, 2.75) is 25.2 Å². The van der Waals surface area contributed by atoms with Crippen LogP contribution in [0.2, 0.25) is 5.02 Å². The van der Waals surface area contributed by atoms with Crippen molar-refractivity contribution in [2.24, 2.45) is 0 Å². The van der Waals surface area contributed by atoms with Gasteiger partial charge in [0.1, 0.15) is 15.9 Å². The highest BCUT2D eigenvalue weighted by atomic mass is 79.9. The minimum Gasteiger partial charge on any atom is -0.381 e. The summed E-state index contributed by atoms with van der Waals surface area (Å²) in [5.41, 5.74) is 3.63. The number of aromatic amines is 1. The van der Waals surface area contributed by atoms with Gasteiger partial charge in [0.15, 0.2) is 0 Å². The SMILES string of the molecule is O=C(c1cc2[nH]c(=O)c3cnc(C4CCOCC4)n3c2cc1Cl)N1CCc2cc(Br)ncc21. The first-order valence-corrected chi connectivity index (χ1v) is 12.0. The molecule has 1 amide bonds. The number of imidazole rings is 1. The predicted molar refractivity (Wildman–Crippen MR) is 128 cm³/mol. The van der Waals surface area contributed by atoms with Gasteiger partial charge in [-0.05, 0) is 59.0 Å². The maximum Gasteiger partial charge on any atom is 0.274 e. The zero-order valence-electron chi connectivity index (χ0n) is 17.5.